The van der Waals surface area contributed by atoms with Gasteiger partial charge in [0.15, 0.2) is 5.16 Å². The molecular formula is C30H29N3O2S. The monoisotopic (exact) mass is 495 g/mol. The minimum atomic E-state index is -0.349. The van der Waals surface area contributed by atoms with Crippen LogP contribution in [0.15, 0.2) is 81.1 Å². The summed E-state index contributed by atoms with van der Waals surface area (Å²) in [5.41, 5.74) is 6.65. The Morgan fingerprint density at radius 3 is 2.53 bits per heavy atom. The second kappa shape index (κ2) is 9.43. The van der Waals surface area contributed by atoms with E-state index in [9.17, 15) is 4.79 Å². The average molecular weight is 496 g/mol. The van der Waals surface area contributed by atoms with Crippen LogP contribution < -0.4 is 10.9 Å². The van der Waals surface area contributed by atoms with Gasteiger partial charge in [-0.2, -0.15) is 0 Å². The van der Waals surface area contributed by atoms with E-state index in [1.54, 1.807) is 6.07 Å². The molecule has 3 aromatic carbocycles. The number of hydrogen-bond donors (Lipinski definition) is 1. The third kappa shape index (κ3) is 4.86. The molecule has 0 unspecified atom stereocenters. The van der Waals surface area contributed by atoms with E-state index in [1.165, 1.54) is 28.5 Å². The van der Waals surface area contributed by atoms with E-state index >= 15 is 0 Å². The smallest absolute Gasteiger partial charge is 0.336 e. The lowest BCUT2D eigenvalue weighted by atomic mass is 9.86. The van der Waals surface area contributed by atoms with Gasteiger partial charge < -0.3 is 9.73 Å². The summed E-state index contributed by atoms with van der Waals surface area (Å²) in [7, 11) is 0. The molecule has 0 aliphatic carbocycles. The Hall–Kier alpha value is -3.64. The van der Waals surface area contributed by atoms with Crippen molar-refractivity contribution in [3.8, 4) is 0 Å². The van der Waals surface area contributed by atoms with E-state index < -0.39 is 0 Å². The number of rotatable bonds is 5. The molecule has 0 saturated carbocycles. The number of aromatic nitrogens is 2. The van der Waals surface area contributed by atoms with Crippen molar-refractivity contribution in [1.29, 1.82) is 0 Å². The van der Waals surface area contributed by atoms with E-state index in [-0.39, 0.29) is 11.0 Å². The van der Waals surface area contributed by atoms with Crippen molar-refractivity contribution in [2.45, 2.75) is 50.9 Å². The largest absolute Gasteiger partial charge is 0.423 e. The van der Waals surface area contributed by atoms with Crippen LogP contribution in [0.5, 0.6) is 0 Å². The van der Waals surface area contributed by atoms with Crippen molar-refractivity contribution in [3.05, 3.63) is 99.4 Å². The number of anilines is 2. The predicted octanol–water partition coefficient (Wildman–Crippen LogP) is 7.69. The van der Waals surface area contributed by atoms with Crippen LogP contribution in [0.1, 0.15) is 43.0 Å². The Kier molecular flexibility index (Phi) is 6.31. The molecule has 182 valence electrons. The summed E-state index contributed by atoms with van der Waals surface area (Å²) >= 11 is 1.51. The molecular weight excluding hydrogens is 466 g/mol. The molecule has 0 spiro atoms. The Morgan fingerprint density at radius 2 is 1.72 bits per heavy atom. The van der Waals surface area contributed by atoms with Gasteiger partial charge in [-0.05, 0) is 71.8 Å². The van der Waals surface area contributed by atoms with Gasteiger partial charge in [-0.3, -0.25) is 0 Å². The van der Waals surface area contributed by atoms with E-state index in [1.807, 2.05) is 42.5 Å². The number of aryl methyl sites for hydroxylation is 1. The highest BCUT2D eigenvalue weighted by Crippen LogP contribution is 2.32. The fraction of sp³-hybridized carbons (Fsp3) is 0.233. The third-order valence-electron chi connectivity index (χ3n) is 6.49. The number of benzene rings is 3. The van der Waals surface area contributed by atoms with E-state index in [0.717, 1.165) is 33.4 Å². The van der Waals surface area contributed by atoms with Crippen LogP contribution in [0.3, 0.4) is 0 Å². The standard InChI is InChI=1S/C30H29N3O2S/c1-18-9-8-12-24(19(18)2)31-28-22-10-6-7-11-25(22)32-29(33-28)36-17-20-15-27(34)35-26-14-13-21(16-23(20)26)30(3,4)5/h6-16H,17H2,1-5H3,(H,31,32,33). The lowest BCUT2D eigenvalue weighted by molar-refractivity contribution is 0.557. The molecule has 36 heavy (non-hydrogen) atoms. The maximum atomic E-state index is 12.3. The quantitative estimate of drug-likeness (QED) is 0.153. The van der Waals surface area contributed by atoms with Crippen LogP contribution in [0.4, 0.5) is 11.5 Å². The maximum Gasteiger partial charge on any atom is 0.336 e. The van der Waals surface area contributed by atoms with Crippen molar-refractivity contribution >= 4 is 45.1 Å². The molecule has 0 aliphatic heterocycles. The summed E-state index contributed by atoms with van der Waals surface area (Å²) in [6, 6.07) is 21.8. The molecule has 0 saturated heterocycles. The summed E-state index contributed by atoms with van der Waals surface area (Å²) in [5, 5.41) is 6.09. The zero-order chi connectivity index (χ0) is 25.4. The number of fused-ring (bicyclic) bond motifs is 2. The summed E-state index contributed by atoms with van der Waals surface area (Å²) in [5.74, 6) is 1.32. The van der Waals surface area contributed by atoms with Gasteiger partial charge in [0.1, 0.15) is 11.4 Å². The molecule has 0 aliphatic rings. The van der Waals surface area contributed by atoms with Crippen LogP contribution in [0.25, 0.3) is 21.9 Å². The molecule has 5 rings (SSSR count). The van der Waals surface area contributed by atoms with Gasteiger partial charge in [0, 0.05) is 28.3 Å². The lowest BCUT2D eigenvalue weighted by Gasteiger charge is -2.19. The summed E-state index contributed by atoms with van der Waals surface area (Å²) in [6.07, 6.45) is 0. The van der Waals surface area contributed by atoms with Crippen molar-refractivity contribution in [3.63, 3.8) is 0 Å². The Labute approximate surface area is 215 Å². The zero-order valence-corrected chi connectivity index (χ0v) is 22.0. The fourth-order valence-corrected chi connectivity index (χ4v) is 5.03. The van der Waals surface area contributed by atoms with Gasteiger partial charge in [-0.25, -0.2) is 14.8 Å². The maximum absolute atomic E-state index is 12.3. The van der Waals surface area contributed by atoms with Gasteiger partial charge in [0.25, 0.3) is 0 Å². The molecule has 0 radical (unpaired) electrons. The summed E-state index contributed by atoms with van der Waals surface area (Å²) < 4.78 is 5.48. The number of thioether (sulfide) groups is 1. The second-order valence-corrected chi connectivity index (χ2v) is 11.0. The highest BCUT2D eigenvalue weighted by atomic mass is 32.2. The van der Waals surface area contributed by atoms with Gasteiger partial charge in [0.05, 0.1) is 5.52 Å². The van der Waals surface area contributed by atoms with E-state index in [0.29, 0.717) is 16.5 Å². The third-order valence-corrected chi connectivity index (χ3v) is 7.39. The molecule has 6 heteroatoms. The fourth-order valence-electron chi connectivity index (χ4n) is 4.19. The van der Waals surface area contributed by atoms with Crippen molar-refractivity contribution < 1.29 is 4.42 Å². The Morgan fingerprint density at radius 1 is 0.917 bits per heavy atom. The Balaban J connectivity index is 1.52. The van der Waals surface area contributed by atoms with E-state index in [4.69, 9.17) is 14.4 Å². The highest BCUT2D eigenvalue weighted by Gasteiger charge is 2.17. The highest BCUT2D eigenvalue weighted by molar-refractivity contribution is 7.98. The summed E-state index contributed by atoms with van der Waals surface area (Å²) in [6.45, 7) is 10.7. The van der Waals surface area contributed by atoms with Gasteiger partial charge in [-0.15, -0.1) is 0 Å². The zero-order valence-electron chi connectivity index (χ0n) is 21.2. The first-order valence-corrected chi connectivity index (χ1v) is 13.0. The average Bonchev–Trinajstić information content (AvgIpc) is 2.84. The minimum Gasteiger partial charge on any atom is -0.423 e. The van der Waals surface area contributed by atoms with Crippen LogP contribution >= 0.6 is 11.8 Å². The molecule has 0 bridgehead atoms. The first kappa shape index (κ1) is 24.1. The van der Waals surface area contributed by atoms with Crippen molar-refractivity contribution in [2.24, 2.45) is 0 Å². The summed E-state index contributed by atoms with van der Waals surface area (Å²) in [4.78, 5) is 22.0. The number of hydrogen-bond acceptors (Lipinski definition) is 6. The van der Waals surface area contributed by atoms with Crippen LogP contribution in [0, 0.1) is 13.8 Å². The normalized spacial score (nSPS) is 11.8. The van der Waals surface area contributed by atoms with Gasteiger partial charge in [0.2, 0.25) is 0 Å². The SMILES string of the molecule is Cc1cccc(Nc2nc(SCc3cc(=O)oc4ccc(C(C)(C)C)cc34)nc3ccccc23)c1C. The predicted molar refractivity (Wildman–Crippen MR) is 149 cm³/mol. The molecule has 2 aromatic heterocycles. The van der Waals surface area contributed by atoms with E-state index in [2.05, 4.69) is 58.1 Å². The minimum absolute atomic E-state index is 0.00924. The molecule has 5 nitrogen and oxygen atoms in total. The lowest BCUT2D eigenvalue weighted by Crippen LogP contribution is -2.11. The topological polar surface area (TPSA) is 68.0 Å². The van der Waals surface area contributed by atoms with Gasteiger partial charge in [-0.1, -0.05) is 62.9 Å². The van der Waals surface area contributed by atoms with Crippen molar-refractivity contribution in [1.82, 2.24) is 9.97 Å². The number of nitrogens with one attached hydrogen (secondary N) is 1. The van der Waals surface area contributed by atoms with Crippen LogP contribution in [0.2, 0.25) is 0 Å². The Bertz CT molecular complexity index is 1650. The van der Waals surface area contributed by atoms with Crippen molar-refractivity contribution in [2.75, 3.05) is 5.32 Å². The molecule has 5 aromatic rings. The molecule has 0 atom stereocenters. The molecule has 0 amide bonds. The first-order valence-electron chi connectivity index (χ1n) is 12.0. The number of para-hydroxylation sites is 1. The molecule has 2 heterocycles. The van der Waals surface area contributed by atoms with Gasteiger partial charge >= 0.3 is 5.63 Å². The molecule has 0 fully saturated rings. The van der Waals surface area contributed by atoms with Crippen LogP contribution in [-0.4, -0.2) is 9.97 Å². The molecule has 1 N–H and O–H groups in total. The number of nitrogens with zero attached hydrogens (tertiary/aromatic N) is 2. The van der Waals surface area contributed by atoms with Crippen LogP contribution in [-0.2, 0) is 11.2 Å². The second-order valence-electron chi connectivity index (χ2n) is 10.1. The first-order chi connectivity index (χ1) is 17.2.